The Morgan fingerprint density at radius 2 is 1.82 bits per heavy atom. The Morgan fingerprint density at radius 1 is 1.18 bits per heavy atom. The number of aromatic nitrogens is 2. The van der Waals surface area contributed by atoms with Crippen LogP contribution in [0.4, 0.5) is 0 Å². The highest BCUT2D eigenvalue weighted by molar-refractivity contribution is 5.64. The van der Waals surface area contributed by atoms with Gasteiger partial charge in [0, 0.05) is 11.1 Å². The first-order valence-electron chi connectivity index (χ1n) is 5.61. The van der Waals surface area contributed by atoms with Crippen LogP contribution in [0.3, 0.4) is 0 Å². The molecule has 0 bridgehead atoms. The average Bonchev–Trinajstić information content (AvgIpc) is 2.60. The third-order valence-corrected chi connectivity index (χ3v) is 2.74. The molecule has 0 spiro atoms. The Kier molecular flexibility index (Phi) is 3.00. The van der Waals surface area contributed by atoms with E-state index in [0.29, 0.717) is 6.42 Å². The van der Waals surface area contributed by atoms with Crippen molar-refractivity contribution in [3.63, 3.8) is 0 Å². The molecule has 17 heavy (non-hydrogen) atoms. The molecule has 0 saturated heterocycles. The van der Waals surface area contributed by atoms with E-state index in [-0.39, 0.29) is 5.56 Å². The molecule has 1 heterocycles. The molecule has 0 aliphatic heterocycles. The van der Waals surface area contributed by atoms with Crippen LogP contribution in [-0.4, -0.2) is 10.2 Å². The Balaban J connectivity index is 2.59. The number of nitrogens with one attached hydrogen (secondary N) is 2. The molecule has 0 fully saturated rings. The summed E-state index contributed by atoms with van der Waals surface area (Å²) < 4.78 is 0. The highest BCUT2D eigenvalue weighted by Crippen LogP contribution is 2.22. The number of H-pyrrole nitrogens is 2. The summed E-state index contributed by atoms with van der Waals surface area (Å²) in [7, 11) is 0. The van der Waals surface area contributed by atoms with Gasteiger partial charge in [-0.3, -0.25) is 15.0 Å². The minimum absolute atomic E-state index is 0.0703. The Hall–Kier alpha value is -2.03. The van der Waals surface area contributed by atoms with E-state index in [1.54, 1.807) is 6.08 Å². The van der Waals surface area contributed by atoms with Gasteiger partial charge >= 0.3 is 0 Å². The highest BCUT2D eigenvalue weighted by Gasteiger charge is 2.10. The van der Waals surface area contributed by atoms with Gasteiger partial charge in [-0.1, -0.05) is 23.3 Å². The molecule has 1 aromatic heterocycles. The Labute approximate surface area is 100 Å². The van der Waals surface area contributed by atoms with Gasteiger partial charge in [-0.2, -0.15) is 0 Å². The molecule has 0 atom stereocenters. The van der Waals surface area contributed by atoms with Gasteiger partial charge in [0.15, 0.2) is 0 Å². The lowest BCUT2D eigenvalue weighted by molar-refractivity contribution is 1.06. The van der Waals surface area contributed by atoms with Gasteiger partial charge in [-0.05, 0) is 32.4 Å². The predicted octanol–water partition coefficient (Wildman–Crippen LogP) is 2.72. The maximum absolute atomic E-state index is 11.6. The molecule has 2 N–H and O–H groups in total. The number of hydrogen-bond acceptors (Lipinski definition) is 1. The Morgan fingerprint density at radius 3 is 2.41 bits per heavy atom. The molecule has 0 aliphatic carbocycles. The van der Waals surface area contributed by atoms with Crippen molar-refractivity contribution in [1.82, 2.24) is 10.2 Å². The minimum atomic E-state index is -0.0703. The normalized spacial score (nSPS) is 10.5. The smallest absolute Gasteiger partial charge is 0.268 e. The highest BCUT2D eigenvalue weighted by atomic mass is 16.1. The van der Waals surface area contributed by atoms with E-state index in [0.717, 1.165) is 16.8 Å². The van der Waals surface area contributed by atoms with E-state index in [4.69, 9.17) is 0 Å². The zero-order chi connectivity index (χ0) is 12.4. The predicted molar refractivity (Wildman–Crippen MR) is 70.2 cm³/mol. The van der Waals surface area contributed by atoms with Crippen LogP contribution in [0.15, 0.2) is 35.6 Å². The van der Waals surface area contributed by atoms with Gasteiger partial charge in [0.25, 0.3) is 5.56 Å². The molecule has 0 radical (unpaired) electrons. The molecular formula is C14H16N2O. The lowest BCUT2D eigenvalue weighted by Crippen LogP contribution is -2.04. The van der Waals surface area contributed by atoms with E-state index in [2.05, 4.69) is 48.8 Å². The Bertz CT molecular complexity index is 585. The van der Waals surface area contributed by atoms with Crippen LogP contribution in [0.2, 0.25) is 0 Å². The summed E-state index contributed by atoms with van der Waals surface area (Å²) in [4.78, 5) is 11.6. The largest absolute Gasteiger partial charge is 0.297 e. The quantitative estimate of drug-likeness (QED) is 0.780. The van der Waals surface area contributed by atoms with Gasteiger partial charge in [-0.25, -0.2) is 0 Å². The summed E-state index contributed by atoms with van der Waals surface area (Å²) in [5.41, 5.74) is 4.95. The van der Waals surface area contributed by atoms with Crippen molar-refractivity contribution < 1.29 is 0 Å². The molecule has 0 aliphatic rings. The standard InChI is InChI=1S/C14H16N2O/c1-4-5-12-13(15-16-14(12)17)11-7-9(2)6-10(3)8-11/h4,6-8H,1,5H2,2-3H3,(H2,15,16,17). The van der Waals surface area contributed by atoms with Crippen molar-refractivity contribution in [3.8, 4) is 11.3 Å². The fraction of sp³-hybridized carbons (Fsp3) is 0.214. The molecule has 3 nitrogen and oxygen atoms in total. The number of aryl methyl sites for hydroxylation is 2. The van der Waals surface area contributed by atoms with Gasteiger partial charge in [0.2, 0.25) is 0 Å². The summed E-state index contributed by atoms with van der Waals surface area (Å²) in [5.74, 6) is 0. The fourth-order valence-electron chi connectivity index (χ4n) is 2.09. The summed E-state index contributed by atoms with van der Waals surface area (Å²) >= 11 is 0. The summed E-state index contributed by atoms with van der Waals surface area (Å²) in [6.07, 6.45) is 2.31. The van der Waals surface area contributed by atoms with Crippen molar-refractivity contribution in [1.29, 1.82) is 0 Å². The fourth-order valence-corrected chi connectivity index (χ4v) is 2.09. The van der Waals surface area contributed by atoms with E-state index >= 15 is 0 Å². The SMILES string of the molecule is C=CCc1c(-c2cc(C)cc(C)c2)[nH][nH]c1=O. The van der Waals surface area contributed by atoms with Crippen LogP contribution in [0.5, 0.6) is 0 Å². The average molecular weight is 228 g/mol. The van der Waals surface area contributed by atoms with Gasteiger partial charge in [-0.15, -0.1) is 6.58 Å². The maximum atomic E-state index is 11.6. The van der Waals surface area contributed by atoms with Crippen LogP contribution < -0.4 is 5.56 Å². The number of hydrogen-bond donors (Lipinski definition) is 2. The van der Waals surface area contributed by atoms with Crippen LogP contribution in [0, 0.1) is 13.8 Å². The maximum Gasteiger partial charge on any atom is 0.268 e. The van der Waals surface area contributed by atoms with E-state index < -0.39 is 0 Å². The molecule has 0 unspecified atom stereocenters. The zero-order valence-electron chi connectivity index (χ0n) is 10.1. The number of aromatic amines is 2. The van der Waals surface area contributed by atoms with E-state index in [1.165, 1.54) is 11.1 Å². The van der Waals surface area contributed by atoms with Gasteiger partial charge in [0.05, 0.1) is 5.69 Å². The molecular weight excluding hydrogens is 212 g/mol. The number of allylic oxidation sites excluding steroid dienone is 1. The second-order valence-corrected chi connectivity index (χ2v) is 4.30. The van der Waals surface area contributed by atoms with E-state index in [1.807, 2.05) is 0 Å². The van der Waals surface area contributed by atoms with Crippen LogP contribution in [-0.2, 0) is 6.42 Å². The topological polar surface area (TPSA) is 48.6 Å². The van der Waals surface area contributed by atoms with Gasteiger partial charge < -0.3 is 0 Å². The van der Waals surface area contributed by atoms with Crippen LogP contribution >= 0.6 is 0 Å². The molecule has 0 amide bonds. The minimum Gasteiger partial charge on any atom is -0.297 e. The second-order valence-electron chi connectivity index (χ2n) is 4.30. The number of benzene rings is 1. The first-order chi connectivity index (χ1) is 8.11. The van der Waals surface area contributed by atoms with Crippen molar-refractivity contribution in [2.24, 2.45) is 0 Å². The number of rotatable bonds is 3. The van der Waals surface area contributed by atoms with Gasteiger partial charge in [0.1, 0.15) is 0 Å². The lowest BCUT2D eigenvalue weighted by atomic mass is 10.0. The first kappa shape index (κ1) is 11.5. The van der Waals surface area contributed by atoms with Crippen molar-refractivity contribution in [2.75, 3.05) is 0 Å². The second kappa shape index (κ2) is 4.45. The molecule has 0 saturated carbocycles. The molecule has 88 valence electrons. The molecule has 2 rings (SSSR count). The lowest BCUT2D eigenvalue weighted by Gasteiger charge is -2.04. The first-order valence-corrected chi connectivity index (χ1v) is 5.61. The third kappa shape index (κ3) is 2.23. The molecule has 2 aromatic rings. The third-order valence-electron chi connectivity index (χ3n) is 2.74. The van der Waals surface area contributed by atoms with E-state index in [9.17, 15) is 4.79 Å². The monoisotopic (exact) mass is 228 g/mol. The summed E-state index contributed by atoms with van der Waals surface area (Å²) in [6, 6.07) is 6.25. The zero-order valence-corrected chi connectivity index (χ0v) is 10.1. The van der Waals surface area contributed by atoms with Crippen molar-refractivity contribution in [2.45, 2.75) is 20.3 Å². The van der Waals surface area contributed by atoms with Crippen LogP contribution in [0.25, 0.3) is 11.3 Å². The van der Waals surface area contributed by atoms with Crippen LogP contribution in [0.1, 0.15) is 16.7 Å². The molecule has 3 heteroatoms. The molecule has 1 aromatic carbocycles. The summed E-state index contributed by atoms with van der Waals surface area (Å²) in [6.45, 7) is 7.78. The summed E-state index contributed by atoms with van der Waals surface area (Å²) in [5, 5.41) is 5.58. The van der Waals surface area contributed by atoms with Crippen molar-refractivity contribution >= 4 is 0 Å². The van der Waals surface area contributed by atoms with Crippen molar-refractivity contribution in [3.05, 3.63) is 57.9 Å².